The largest absolute Gasteiger partial charge is 0.508 e. The Balaban J connectivity index is 3.94. The Kier molecular flexibility index (Phi) is 2.40. The quantitative estimate of drug-likeness (QED) is 0.315. The van der Waals surface area contributed by atoms with E-state index < -0.39 is 5.97 Å². The molecule has 0 aromatic rings. The molecule has 8 heavy (non-hydrogen) atoms. The van der Waals surface area contributed by atoms with E-state index in [1.54, 1.807) is 0 Å². The van der Waals surface area contributed by atoms with Gasteiger partial charge in [-0.1, -0.05) is 6.58 Å². The van der Waals surface area contributed by atoms with Crippen LogP contribution in [0.4, 0.5) is 0 Å². The maximum atomic E-state index is 9.68. The third-order valence-corrected chi connectivity index (χ3v) is 0.480. The van der Waals surface area contributed by atoms with E-state index in [9.17, 15) is 4.79 Å². The molecule has 3 heteroatoms. The highest BCUT2D eigenvalue weighted by Gasteiger charge is 1.88. The van der Waals surface area contributed by atoms with Gasteiger partial charge in [0.1, 0.15) is 5.76 Å². The molecular weight excluding hydrogens is 108 g/mol. The summed E-state index contributed by atoms with van der Waals surface area (Å²) in [6.45, 7) is 3.13. The number of aliphatic carboxylic acids is 1. The van der Waals surface area contributed by atoms with Crippen LogP contribution in [-0.4, -0.2) is 16.2 Å². The third-order valence-electron chi connectivity index (χ3n) is 0.480. The molecule has 0 rings (SSSR count). The van der Waals surface area contributed by atoms with Crippen molar-refractivity contribution >= 4 is 5.97 Å². The Morgan fingerprint density at radius 3 is 2.12 bits per heavy atom. The predicted octanol–water partition coefficient (Wildman–Crippen LogP) is 0.699. The molecule has 0 aromatic carbocycles. The number of rotatable bonds is 2. The lowest BCUT2D eigenvalue weighted by atomic mass is 10.4. The van der Waals surface area contributed by atoms with E-state index in [0.717, 1.165) is 6.08 Å². The van der Waals surface area contributed by atoms with Crippen molar-refractivity contribution in [3.63, 3.8) is 0 Å². The number of hydrogen-bond donors (Lipinski definition) is 2. The molecule has 3 nitrogen and oxygen atoms in total. The van der Waals surface area contributed by atoms with Crippen molar-refractivity contribution in [3.8, 4) is 0 Å². The maximum absolute atomic E-state index is 9.68. The lowest BCUT2D eigenvalue weighted by Gasteiger charge is -1.82. The smallest absolute Gasteiger partial charge is 0.332 e. The first kappa shape index (κ1) is 6.75. The maximum Gasteiger partial charge on any atom is 0.332 e. The predicted molar refractivity (Wildman–Crippen MR) is 28.5 cm³/mol. The van der Waals surface area contributed by atoms with Crippen molar-refractivity contribution in [3.05, 3.63) is 24.5 Å². The van der Waals surface area contributed by atoms with Gasteiger partial charge in [-0.3, -0.25) is 0 Å². The number of aliphatic hydroxyl groups is 1. The summed E-state index contributed by atoms with van der Waals surface area (Å²) in [5.41, 5.74) is 0. The van der Waals surface area contributed by atoms with Crippen molar-refractivity contribution in [2.45, 2.75) is 0 Å². The number of carbonyl (C=O) groups is 1. The van der Waals surface area contributed by atoms with E-state index in [0.29, 0.717) is 6.08 Å². The van der Waals surface area contributed by atoms with Gasteiger partial charge in [-0.05, 0) is 6.08 Å². The Labute approximate surface area is 46.6 Å². The molecule has 0 heterocycles. The molecule has 2 N–H and O–H groups in total. The average molecular weight is 114 g/mol. The molecule has 0 saturated carbocycles. The van der Waals surface area contributed by atoms with Crippen LogP contribution < -0.4 is 0 Å². The van der Waals surface area contributed by atoms with Crippen LogP contribution in [-0.2, 0) is 4.79 Å². The highest BCUT2D eigenvalue weighted by molar-refractivity contribution is 5.80. The van der Waals surface area contributed by atoms with Crippen LogP contribution in [0.1, 0.15) is 0 Å². The highest BCUT2D eigenvalue weighted by Crippen LogP contribution is 1.85. The highest BCUT2D eigenvalue weighted by atomic mass is 16.4. The summed E-state index contributed by atoms with van der Waals surface area (Å²) in [5, 5.41) is 16.3. The molecule has 0 fully saturated rings. The van der Waals surface area contributed by atoms with Crippen molar-refractivity contribution in [2.24, 2.45) is 0 Å². The Hall–Kier alpha value is -1.25. The summed E-state index contributed by atoms with van der Waals surface area (Å²) in [7, 11) is 0. The van der Waals surface area contributed by atoms with Gasteiger partial charge in [0.25, 0.3) is 0 Å². The summed E-state index contributed by atoms with van der Waals surface area (Å²) in [4.78, 5) is 9.68. The zero-order valence-electron chi connectivity index (χ0n) is 4.16. The first-order chi connectivity index (χ1) is 3.66. The number of hydrogen-bond acceptors (Lipinski definition) is 2. The summed E-state index contributed by atoms with van der Waals surface area (Å²) >= 11 is 0. The lowest BCUT2D eigenvalue weighted by molar-refractivity contribution is -0.131. The average Bonchev–Trinajstić information content (AvgIpc) is 1.65. The third kappa shape index (κ3) is 2.96. The Bertz CT molecular complexity index is 135. The number of allylic oxidation sites excluding steroid dienone is 1. The fourth-order valence-electron chi connectivity index (χ4n) is 0.185. The molecule has 44 valence electrons. The van der Waals surface area contributed by atoms with Crippen LogP contribution in [0.2, 0.25) is 0 Å². The normalized spacial score (nSPS) is 10.8. The Morgan fingerprint density at radius 2 is 2.00 bits per heavy atom. The van der Waals surface area contributed by atoms with Gasteiger partial charge in [0.15, 0.2) is 0 Å². The van der Waals surface area contributed by atoms with E-state index >= 15 is 0 Å². The van der Waals surface area contributed by atoms with Crippen LogP contribution in [0, 0.1) is 0 Å². The molecule has 0 amide bonds. The minimum atomic E-state index is -1.18. The summed E-state index contributed by atoms with van der Waals surface area (Å²) in [6, 6.07) is 0. The first-order valence-electron chi connectivity index (χ1n) is 1.93. The van der Waals surface area contributed by atoms with E-state index in [-0.39, 0.29) is 5.76 Å². The fraction of sp³-hybridized carbons (Fsp3) is 0. The minimum absolute atomic E-state index is 0.336. The summed E-state index contributed by atoms with van der Waals surface area (Å²) in [5.74, 6) is -1.51. The van der Waals surface area contributed by atoms with Crippen LogP contribution in [0.15, 0.2) is 24.5 Å². The summed E-state index contributed by atoms with van der Waals surface area (Å²) in [6.07, 6.45) is 1.71. The van der Waals surface area contributed by atoms with Gasteiger partial charge in [-0.25, -0.2) is 4.79 Å². The topological polar surface area (TPSA) is 57.5 Å². The molecular formula is C5H6O3. The molecule has 0 unspecified atom stereocenters. The van der Waals surface area contributed by atoms with Gasteiger partial charge in [0.05, 0.1) is 6.08 Å². The van der Waals surface area contributed by atoms with Gasteiger partial charge >= 0.3 is 5.97 Å². The molecule has 0 atom stereocenters. The minimum Gasteiger partial charge on any atom is -0.508 e. The summed E-state index contributed by atoms with van der Waals surface area (Å²) < 4.78 is 0. The van der Waals surface area contributed by atoms with Crippen LogP contribution >= 0.6 is 0 Å². The standard InChI is InChI=1S/C5H6O3/c1-2-4(6)3-5(7)8/h2-3,6H,1H2,(H,7,8). The van der Waals surface area contributed by atoms with Crippen LogP contribution in [0.5, 0.6) is 0 Å². The van der Waals surface area contributed by atoms with E-state index in [4.69, 9.17) is 10.2 Å². The SMILES string of the molecule is C=CC(O)=CC(=O)O. The molecule has 0 saturated heterocycles. The van der Waals surface area contributed by atoms with Gasteiger partial charge in [-0.2, -0.15) is 0 Å². The molecule has 0 aliphatic carbocycles. The molecule has 0 bridgehead atoms. The lowest BCUT2D eigenvalue weighted by Crippen LogP contribution is -1.88. The van der Waals surface area contributed by atoms with Gasteiger partial charge in [-0.15, -0.1) is 0 Å². The number of carboxylic acid groups (broad SMARTS) is 1. The van der Waals surface area contributed by atoms with Gasteiger partial charge in [0.2, 0.25) is 0 Å². The number of aliphatic hydroxyl groups excluding tert-OH is 1. The van der Waals surface area contributed by atoms with Crippen molar-refractivity contribution in [2.75, 3.05) is 0 Å². The van der Waals surface area contributed by atoms with E-state index in [1.165, 1.54) is 0 Å². The van der Waals surface area contributed by atoms with Crippen molar-refractivity contribution in [1.82, 2.24) is 0 Å². The van der Waals surface area contributed by atoms with Crippen molar-refractivity contribution in [1.29, 1.82) is 0 Å². The molecule has 0 radical (unpaired) electrons. The number of carboxylic acids is 1. The van der Waals surface area contributed by atoms with E-state index in [2.05, 4.69) is 6.58 Å². The molecule has 0 spiro atoms. The van der Waals surface area contributed by atoms with Gasteiger partial charge in [0, 0.05) is 0 Å². The molecule has 0 aromatic heterocycles. The second-order valence-electron chi connectivity index (χ2n) is 1.11. The second-order valence-corrected chi connectivity index (χ2v) is 1.11. The molecule has 0 aliphatic rings. The second kappa shape index (κ2) is 2.85. The molecule has 0 aliphatic heterocycles. The monoisotopic (exact) mass is 114 g/mol. The zero-order chi connectivity index (χ0) is 6.57. The van der Waals surface area contributed by atoms with Crippen LogP contribution in [0.25, 0.3) is 0 Å². The van der Waals surface area contributed by atoms with Gasteiger partial charge < -0.3 is 10.2 Å². The van der Waals surface area contributed by atoms with Crippen LogP contribution in [0.3, 0.4) is 0 Å². The van der Waals surface area contributed by atoms with Crippen molar-refractivity contribution < 1.29 is 15.0 Å². The van der Waals surface area contributed by atoms with E-state index in [1.807, 2.05) is 0 Å². The fourth-order valence-corrected chi connectivity index (χ4v) is 0.185. The first-order valence-corrected chi connectivity index (χ1v) is 1.93. The zero-order valence-corrected chi connectivity index (χ0v) is 4.16. The Morgan fingerprint density at radius 1 is 1.50 bits per heavy atom.